The maximum atomic E-state index is 10.4. The fourth-order valence-corrected chi connectivity index (χ4v) is 0. The third-order valence-corrected chi connectivity index (χ3v) is 0.183. The van der Waals surface area contributed by atoms with E-state index in [0.29, 0.717) is 0 Å². The van der Waals surface area contributed by atoms with Crippen molar-refractivity contribution in [3.8, 4) is 0 Å². The molecule has 0 amide bonds. The summed E-state index contributed by atoms with van der Waals surface area (Å²) in [6, 6.07) is 0. The van der Waals surface area contributed by atoms with Crippen molar-refractivity contribution in [2.75, 3.05) is 0 Å². The van der Waals surface area contributed by atoms with Crippen molar-refractivity contribution < 1.29 is 73.0 Å². The summed E-state index contributed by atoms with van der Waals surface area (Å²) in [6.45, 7) is 0. The van der Waals surface area contributed by atoms with Crippen molar-refractivity contribution in [2.45, 2.75) is 0 Å². The van der Waals surface area contributed by atoms with Gasteiger partial charge in [-0.15, -0.1) is 4.20 Å². The SMILES string of the molecule is N=C=O.N=C=O.N=C=O.O=C(O)C(=O)O.O=P(O)(O)F.[H-].[Li+]. The van der Waals surface area contributed by atoms with Crippen molar-refractivity contribution in [1.82, 2.24) is 0 Å². The first kappa shape index (κ1) is 36.3. The van der Waals surface area contributed by atoms with Gasteiger partial charge in [0.2, 0.25) is 18.2 Å². The molecule has 13 nitrogen and oxygen atoms in total. The number of carboxylic acid groups (broad SMARTS) is 2. The molecular formula is C5H8FLiN3O10P. The van der Waals surface area contributed by atoms with Crippen LogP contribution in [0.5, 0.6) is 0 Å². The molecule has 0 rings (SSSR count). The predicted molar refractivity (Wildman–Crippen MR) is 54.8 cm³/mol. The maximum absolute atomic E-state index is 10.4. The summed E-state index contributed by atoms with van der Waals surface area (Å²) >= 11 is 0. The van der Waals surface area contributed by atoms with E-state index < -0.39 is 19.8 Å². The number of carbonyl (C=O) groups excluding carboxylic acids is 3. The molecule has 0 bridgehead atoms. The number of halogens is 1. The van der Waals surface area contributed by atoms with E-state index in [1.54, 1.807) is 0 Å². The first-order valence-electron chi connectivity index (χ1n) is 3.22. The van der Waals surface area contributed by atoms with Crippen LogP contribution >= 0.6 is 7.91 Å². The second kappa shape index (κ2) is 30.6. The first-order valence-corrected chi connectivity index (χ1v) is 4.72. The van der Waals surface area contributed by atoms with Crippen LogP contribution in [0, 0.1) is 16.2 Å². The van der Waals surface area contributed by atoms with Crippen LogP contribution in [-0.4, -0.2) is 50.2 Å². The molecule has 0 spiro atoms. The van der Waals surface area contributed by atoms with E-state index >= 15 is 0 Å². The van der Waals surface area contributed by atoms with Crippen molar-refractivity contribution in [1.29, 1.82) is 16.2 Å². The number of isocyanates is 3. The summed E-state index contributed by atoms with van der Waals surface area (Å²) in [5.41, 5.74) is 0. The second-order valence-corrected chi connectivity index (χ2v) is 2.34. The van der Waals surface area contributed by atoms with Gasteiger partial charge in [0, 0.05) is 0 Å². The van der Waals surface area contributed by atoms with Gasteiger partial charge in [0.1, 0.15) is 0 Å². The first-order chi connectivity index (χ1) is 8.89. The van der Waals surface area contributed by atoms with E-state index in [2.05, 4.69) is 0 Å². The molecule has 0 fully saturated rings. The molecule has 0 aromatic rings. The van der Waals surface area contributed by atoms with Crippen LogP contribution < -0.4 is 18.9 Å². The molecule has 116 valence electrons. The zero-order chi connectivity index (χ0) is 17.8. The molecule has 0 aliphatic carbocycles. The zero-order valence-electron chi connectivity index (χ0n) is 11.1. The molecule has 0 atom stereocenters. The molecular weight excluding hydrogens is 319 g/mol. The third-order valence-electron chi connectivity index (χ3n) is 0.183. The molecule has 0 aromatic carbocycles. The molecule has 7 N–H and O–H groups in total. The van der Waals surface area contributed by atoms with Gasteiger partial charge in [-0.3, -0.25) is 9.79 Å². The van der Waals surface area contributed by atoms with Crippen LogP contribution in [0.15, 0.2) is 0 Å². The molecule has 0 radical (unpaired) electrons. The number of nitrogens with one attached hydrogen (secondary N) is 3. The average molecular weight is 327 g/mol. The summed E-state index contributed by atoms with van der Waals surface area (Å²) in [5.74, 6) is -3.65. The molecule has 0 heterocycles. The van der Waals surface area contributed by atoms with Gasteiger partial charge in [0.25, 0.3) is 0 Å². The Bertz CT molecular complexity index is 375. The van der Waals surface area contributed by atoms with Gasteiger partial charge in [0.15, 0.2) is 0 Å². The quantitative estimate of drug-likeness (QED) is 0.0745. The average Bonchev–Trinajstić information content (AvgIpc) is 2.18. The van der Waals surface area contributed by atoms with Crippen LogP contribution in [0.4, 0.5) is 4.20 Å². The summed E-state index contributed by atoms with van der Waals surface area (Å²) in [6.07, 6.45) is 2.25. The van der Waals surface area contributed by atoms with Gasteiger partial charge < -0.3 is 11.6 Å². The van der Waals surface area contributed by atoms with Crippen molar-refractivity contribution in [3.63, 3.8) is 0 Å². The fourth-order valence-electron chi connectivity index (χ4n) is 0. The van der Waals surface area contributed by atoms with Gasteiger partial charge in [0.05, 0.1) is 0 Å². The predicted octanol–water partition coefficient (Wildman–Crippen LogP) is -3.98. The van der Waals surface area contributed by atoms with Crippen LogP contribution in [0.2, 0.25) is 0 Å². The van der Waals surface area contributed by atoms with Gasteiger partial charge in [-0.1, -0.05) is 0 Å². The van der Waals surface area contributed by atoms with E-state index in [9.17, 15) is 4.20 Å². The van der Waals surface area contributed by atoms with Crippen LogP contribution in [-0.2, 0) is 28.5 Å². The van der Waals surface area contributed by atoms with Crippen molar-refractivity contribution >= 4 is 38.1 Å². The topological polar surface area (TPSA) is 255 Å². The Labute approximate surface area is 128 Å². The minimum Gasteiger partial charge on any atom is -1.00 e. The summed E-state index contributed by atoms with van der Waals surface area (Å²) in [5, 5.41) is 31.0. The molecule has 21 heavy (non-hydrogen) atoms. The monoisotopic (exact) mass is 327 g/mol. The zero-order valence-corrected chi connectivity index (χ0v) is 11.0. The Balaban J connectivity index is -0.0000000259. The van der Waals surface area contributed by atoms with E-state index in [-0.39, 0.29) is 20.3 Å². The number of hydrogen-bond acceptors (Lipinski definition) is 9. The van der Waals surface area contributed by atoms with E-state index in [1.807, 2.05) is 0 Å². The normalized spacial score (nSPS) is 6.05. The van der Waals surface area contributed by atoms with Gasteiger partial charge in [-0.05, 0) is 0 Å². The fraction of sp³-hybridized carbons (Fsp3) is 0. The standard InChI is InChI=1S/C2H2O4.3CHNO.FH2O3P.Li.H/c3-1(4)2(5)6;3*2-1-3;1-5(2,3)4;;/h(H,3,4)(H,5,6);3*2H;(H2,2,3,4);;/q;;;;;+1;-1. The van der Waals surface area contributed by atoms with Crippen LogP contribution in [0.25, 0.3) is 0 Å². The molecule has 0 unspecified atom stereocenters. The van der Waals surface area contributed by atoms with E-state index in [4.69, 9.17) is 64.8 Å². The number of aliphatic carboxylic acids is 2. The number of carbonyl (C=O) groups is 2. The van der Waals surface area contributed by atoms with E-state index in [0.717, 1.165) is 18.2 Å². The van der Waals surface area contributed by atoms with Gasteiger partial charge >= 0.3 is 38.7 Å². The molecule has 0 aromatic heterocycles. The minimum atomic E-state index is -5.14. The largest absolute Gasteiger partial charge is 1.00 e. The Morgan fingerprint density at radius 1 is 0.905 bits per heavy atom. The number of carboxylic acids is 2. The Kier molecular flexibility index (Phi) is 53.0. The molecule has 0 saturated heterocycles. The summed E-state index contributed by atoms with van der Waals surface area (Å²) in [7, 11) is -5.14. The minimum absolute atomic E-state index is 0. The third kappa shape index (κ3) is 1430. The van der Waals surface area contributed by atoms with Crippen LogP contribution in [0.1, 0.15) is 1.43 Å². The molecule has 16 heteroatoms. The Morgan fingerprint density at radius 2 is 0.952 bits per heavy atom. The molecule has 0 saturated carbocycles. The number of rotatable bonds is 0. The van der Waals surface area contributed by atoms with E-state index in [1.165, 1.54) is 0 Å². The van der Waals surface area contributed by atoms with Gasteiger partial charge in [-0.2, -0.15) is 0 Å². The van der Waals surface area contributed by atoms with Crippen molar-refractivity contribution in [3.05, 3.63) is 0 Å². The number of hydrogen-bond donors (Lipinski definition) is 7. The van der Waals surface area contributed by atoms with Gasteiger partial charge in [-0.25, -0.2) is 44.8 Å². The smallest absolute Gasteiger partial charge is 1.00 e. The van der Waals surface area contributed by atoms with Crippen LogP contribution in [0.3, 0.4) is 0 Å². The summed E-state index contributed by atoms with van der Waals surface area (Å²) in [4.78, 5) is 57.2. The van der Waals surface area contributed by atoms with Crippen molar-refractivity contribution in [2.24, 2.45) is 0 Å². The molecule has 0 aliphatic heterocycles. The Morgan fingerprint density at radius 3 is 0.952 bits per heavy atom. The maximum Gasteiger partial charge on any atom is 1.00 e. The second-order valence-electron chi connectivity index (χ2n) is 1.39. The summed E-state index contributed by atoms with van der Waals surface area (Å²) < 4.78 is 19.0. The Hall–Kier alpha value is -2.24. The molecule has 0 aliphatic rings.